The summed E-state index contributed by atoms with van der Waals surface area (Å²) >= 11 is 5.95. The molecule has 1 aromatic heterocycles. The van der Waals surface area contributed by atoms with Crippen LogP contribution in [0.2, 0.25) is 5.02 Å². The normalized spacial score (nSPS) is 14.3. The summed E-state index contributed by atoms with van der Waals surface area (Å²) in [5.41, 5.74) is 2.03. The molecule has 0 atom stereocenters. The van der Waals surface area contributed by atoms with Crippen LogP contribution in [0.4, 0.5) is 0 Å². The van der Waals surface area contributed by atoms with Crippen molar-refractivity contribution in [1.29, 1.82) is 0 Å². The quantitative estimate of drug-likeness (QED) is 0.524. The summed E-state index contributed by atoms with van der Waals surface area (Å²) in [5, 5.41) is 3.03. The van der Waals surface area contributed by atoms with Gasteiger partial charge >= 0.3 is 0 Å². The molecule has 1 aliphatic carbocycles. The van der Waals surface area contributed by atoms with Gasteiger partial charge in [-0.15, -0.1) is 0 Å². The lowest BCUT2D eigenvalue weighted by atomic mass is 10.0. The van der Waals surface area contributed by atoms with Crippen LogP contribution in [-0.2, 0) is 0 Å². The molecule has 4 rings (SSSR count). The van der Waals surface area contributed by atoms with Crippen LogP contribution in [0.25, 0.3) is 16.8 Å². The first-order chi connectivity index (χ1) is 12.8. The molecule has 3 heteroatoms. The Morgan fingerprint density at radius 3 is 2.58 bits per heavy atom. The monoisotopic (exact) mass is 359 g/mol. The number of nitrogens with zero attached hydrogens (tertiary/aromatic N) is 1. The van der Waals surface area contributed by atoms with Gasteiger partial charge in [0.1, 0.15) is 11.5 Å². The van der Waals surface area contributed by atoms with Gasteiger partial charge in [0.2, 0.25) is 0 Å². The van der Waals surface area contributed by atoms with E-state index in [2.05, 4.69) is 41.4 Å². The highest BCUT2D eigenvalue weighted by molar-refractivity contribution is 6.30. The van der Waals surface area contributed by atoms with Gasteiger partial charge in [0.15, 0.2) is 0 Å². The van der Waals surface area contributed by atoms with E-state index in [1.54, 1.807) is 0 Å². The van der Waals surface area contributed by atoms with Crippen molar-refractivity contribution in [2.75, 3.05) is 0 Å². The van der Waals surface area contributed by atoms with E-state index in [1.165, 1.54) is 5.39 Å². The first kappa shape index (κ1) is 16.6. The molecule has 0 unspecified atom stereocenters. The Bertz CT molecular complexity index is 1010. The van der Waals surface area contributed by atoms with Crippen LogP contribution >= 0.6 is 11.6 Å². The lowest BCUT2D eigenvalue weighted by Crippen LogP contribution is -2.01. The van der Waals surface area contributed by atoms with Gasteiger partial charge in [-0.3, -0.25) is 4.98 Å². The molecule has 0 spiro atoms. The molecular formula is C23H18ClNO. The molecule has 0 saturated heterocycles. The van der Waals surface area contributed by atoms with Gasteiger partial charge in [-0.05, 0) is 66.8 Å². The summed E-state index contributed by atoms with van der Waals surface area (Å²) in [4.78, 5) is 4.52. The molecule has 1 heterocycles. The maximum absolute atomic E-state index is 6.06. The van der Waals surface area contributed by atoms with Crippen LogP contribution in [0, 0.1) is 0 Å². The van der Waals surface area contributed by atoms with E-state index < -0.39 is 0 Å². The SMILES string of the molecule is Clc1ccc(OC2=CCCC=C2C=Cc2nccc3ccccc23)cc1. The minimum atomic E-state index is 0.702. The lowest BCUT2D eigenvalue weighted by molar-refractivity contribution is 0.433. The maximum atomic E-state index is 6.06. The molecule has 0 bridgehead atoms. The summed E-state index contributed by atoms with van der Waals surface area (Å²) in [7, 11) is 0. The van der Waals surface area contributed by atoms with Crippen LogP contribution in [0.15, 0.2) is 90.4 Å². The number of hydrogen-bond donors (Lipinski definition) is 0. The molecule has 26 heavy (non-hydrogen) atoms. The van der Waals surface area contributed by atoms with Gasteiger partial charge in [0.25, 0.3) is 0 Å². The van der Waals surface area contributed by atoms with Crippen molar-refractivity contribution in [3.63, 3.8) is 0 Å². The first-order valence-electron chi connectivity index (χ1n) is 8.65. The zero-order valence-corrected chi connectivity index (χ0v) is 15.0. The fraction of sp³-hybridized carbons (Fsp3) is 0.0870. The molecule has 0 amide bonds. The molecule has 3 aromatic rings. The highest BCUT2D eigenvalue weighted by Gasteiger charge is 2.09. The average molecular weight is 360 g/mol. The largest absolute Gasteiger partial charge is 0.457 e. The molecule has 2 aromatic carbocycles. The Hall–Kier alpha value is -2.84. The molecule has 0 saturated carbocycles. The van der Waals surface area contributed by atoms with Crippen LogP contribution < -0.4 is 4.74 Å². The molecule has 1 aliphatic rings. The number of halogens is 1. The number of pyridine rings is 1. The summed E-state index contributed by atoms with van der Waals surface area (Å²) < 4.78 is 6.06. The fourth-order valence-electron chi connectivity index (χ4n) is 3.00. The second-order valence-corrected chi connectivity index (χ2v) is 6.55. The number of fused-ring (bicyclic) bond motifs is 1. The van der Waals surface area contributed by atoms with Crippen LogP contribution in [0.5, 0.6) is 5.75 Å². The lowest BCUT2D eigenvalue weighted by Gasteiger charge is -2.15. The van der Waals surface area contributed by atoms with Gasteiger partial charge < -0.3 is 4.74 Å². The number of allylic oxidation sites excluding steroid dienone is 3. The fourth-order valence-corrected chi connectivity index (χ4v) is 3.12. The van der Waals surface area contributed by atoms with E-state index in [0.717, 1.165) is 41.0 Å². The predicted octanol–water partition coefficient (Wildman–Crippen LogP) is 6.58. The highest BCUT2D eigenvalue weighted by atomic mass is 35.5. The van der Waals surface area contributed by atoms with Crippen molar-refractivity contribution < 1.29 is 4.74 Å². The van der Waals surface area contributed by atoms with E-state index in [4.69, 9.17) is 16.3 Å². The van der Waals surface area contributed by atoms with Crippen LogP contribution in [0.1, 0.15) is 18.5 Å². The van der Waals surface area contributed by atoms with Crippen molar-refractivity contribution in [2.45, 2.75) is 12.8 Å². The molecule has 128 valence electrons. The molecule has 2 nitrogen and oxygen atoms in total. The Kier molecular flexibility index (Phi) is 4.85. The van der Waals surface area contributed by atoms with Crippen molar-refractivity contribution in [1.82, 2.24) is 4.98 Å². The average Bonchev–Trinajstić information content (AvgIpc) is 2.69. The van der Waals surface area contributed by atoms with Crippen LogP contribution in [-0.4, -0.2) is 4.98 Å². The zero-order valence-electron chi connectivity index (χ0n) is 14.2. The Labute approximate surface area is 158 Å². The van der Waals surface area contributed by atoms with Crippen molar-refractivity contribution in [3.8, 4) is 5.75 Å². The van der Waals surface area contributed by atoms with E-state index in [-0.39, 0.29) is 0 Å². The Balaban J connectivity index is 1.59. The third kappa shape index (κ3) is 3.71. The molecule has 0 aliphatic heterocycles. The summed E-state index contributed by atoms with van der Waals surface area (Å²) in [6.45, 7) is 0. The van der Waals surface area contributed by atoms with Gasteiger partial charge in [0.05, 0.1) is 5.69 Å². The number of hydrogen-bond acceptors (Lipinski definition) is 2. The molecule has 0 N–H and O–H groups in total. The number of rotatable bonds is 4. The third-order valence-corrected chi connectivity index (χ3v) is 4.56. The number of aromatic nitrogens is 1. The maximum Gasteiger partial charge on any atom is 0.130 e. The van der Waals surface area contributed by atoms with Gasteiger partial charge in [-0.25, -0.2) is 0 Å². The number of ether oxygens (including phenoxy) is 1. The summed E-state index contributed by atoms with van der Waals surface area (Å²) in [6, 6.07) is 17.7. The third-order valence-electron chi connectivity index (χ3n) is 4.31. The second-order valence-electron chi connectivity index (χ2n) is 6.11. The Morgan fingerprint density at radius 1 is 0.885 bits per heavy atom. The standard InChI is InChI=1S/C23H18ClNO/c24-19-10-12-20(13-11-19)26-23-8-4-2-6-18(23)9-14-22-21-7-3-1-5-17(21)15-16-25-22/h1,3,5-16H,2,4H2. The summed E-state index contributed by atoms with van der Waals surface area (Å²) in [5.74, 6) is 1.65. The second kappa shape index (κ2) is 7.59. The van der Waals surface area contributed by atoms with Crippen molar-refractivity contribution >= 4 is 28.4 Å². The first-order valence-corrected chi connectivity index (χ1v) is 9.03. The van der Waals surface area contributed by atoms with E-state index in [1.807, 2.05) is 48.7 Å². The molecule has 0 radical (unpaired) electrons. The Morgan fingerprint density at radius 2 is 1.69 bits per heavy atom. The highest BCUT2D eigenvalue weighted by Crippen LogP contribution is 2.26. The topological polar surface area (TPSA) is 22.1 Å². The van der Waals surface area contributed by atoms with E-state index in [9.17, 15) is 0 Å². The van der Waals surface area contributed by atoms with Gasteiger partial charge in [-0.2, -0.15) is 0 Å². The minimum Gasteiger partial charge on any atom is -0.457 e. The minimum absolute atomic E-state index is 0.702. The van der Waals surface area contributed by atoms with Crippen molar-refractivity contribution in [2.24, 2.45) is 0 Å². The molecule has 0 fully saturated rings. The van der Waals surface area contributed by atoms with Crippen LogP contribution in [0.3, 0.4) is 0 Å². The van der Waals surface area contributed by atoms with Gasteiger partial charge in [-0.1, -0.05) is 41.9 Å². The van der Waals surface area contributed by atoms with E-state index in [0.29, 0.717) is 5.02 Å². The molecular weight excluding hydrogens is 342 g/mol. The summed E-state index contributed by atoms with van der Waals surface area (Å²) in [6.07, 6.45) is 12.3. The number of benzene rings is 2. The van der Waals surface area contributed by atoms with E-state index >= 15 is 0 Å². The van der Waals surface area contributed by atoms with Gasteiger partial charge in [0, 0.05) is 22.2 Å². The smallest absolute Gasteiger partial charge is 0.130 e. The van der Waals surface area contributed by atoms with Crippen molar-refractivity contribution in [3.05, 3.63) is 101 Å². The predicted molar refractivity (Wildman–Crippen MR) is 108 cm³/mol. The zero-order chi connectivity index (χ0) is 17.8.